The number of halogens is 2. The van der Waals surface area contributed by atoms with E-state index in [1.807, 2.05) is 0 Å². The highest BCUT2D eigenvalue weighted by Gasteiger charge is 2.65. The molecule has 0 aliphatic carbocycles. The number of imidazole rings is 1. The Labute approximate surface area is 220 Å². The Balaban J connectivity index is 1.26. The highest BCUT2D eigenvalue weighted by Crippen LogP contribution is 2.62. The summed E-state index contributed by atoms with van der Waals surface area (Å²) < 4.78 is 76.8. The molecule has 0 saturated carbocycles. The molecule has 16 heteroatoms. The minimum Gasteiger partial charge on any atom is -0.424 e. The van der Waals surface area contributed by atoms with E-state index in [4.69, 9.17) is 33.5 Å². The Morgan fingerprint density at radius 1 is 1.18 bits per heavy atom. The third kappa shape index (κ3) is 4.53. The Bertz CT molecular complexity index is 1500. The fraction of sp³-hybridized carbons (Fsp3) is 0.478. The summed E-state index contributed by atoms with van der Waals surface area (Å²) >= 11 is 0. The fourth-order valence-corrected chi connectivity index (χ4v) is 6.84. The van der Waals surface area contributed by atoms with E-state index in [1.54, 1.807) is 20.8 Å². The first-order valence-electron chi connectivity index (χ1n) is 11.9. The molecule has 2 unspecified atom stereocenters. The molecule has 39 heavy (non-hydrogen) atoms. The average Bonchev–Trinajstić information content (AvgIpc) is 3.46. The van der Waals surface area contributed by atoms with Crippen LogP contribution in [0.1, 0.15) is 45.1 Å². The van der Waals surface area contributed by atoms with Crippen molar-refractivity contribution in [2.45, 2.75) is 62.9 Å². The minimum atomic E-state index is -4.30. The Morgan fingerprint density at radius 3 is 2.67 bits per heavy atom. The van der Waals surface area contributed by atoms with Crippen molar-refractivity contribution in [3.8, 4) is 0 Å². The zero-order valence-electron chi connectivity index (χ0n) is 20.9. The zero-order valence-corrected chi connectivity index (χ0v) is 21.8. The molecule has 3 saturated heterocycles. The van der Waals surface area contributed by atoms with Crippen LogP contribution in [-0.2, 0) is 32.3 Å². The molecule has 0 radical (unpaired) electrons. The van der Waals surface area contributed by atoms with Crippen molar-refractivity contribution in [2.24, 2.45) is 0 Å². The van der Waals surface area contributed by atoms with E-state index in [-0.39, 0.29) is 17.8 Å². The molecule has 3 aliphatic rings. The van der Waals surface area contributed by atoms with Gasteiger partial charge in [-0.15, -0.1) is 0 Å². The van der Waals surface area contributed by atoms with Crippen LogP contribution in [-0.4, -0.2) is 55.7 Å². The van der Waals surface area contributed by atoms with Gasteiger partial charge in [0.25, 0.3) is 0 Å². The lowest BCUT2D eigenvalue weighted by atomic mass is 9.96. The van der Waals surface area contributed by atoms with E-state index < -0.39 is 68.0 Å². The Hall–Kier alpha value is -3.23. The predicted molar refractivity (Wildman–Crippen MR) is 127 cm³/mol. The summed E-state index contributed by atoms with van der Waals surface area (Å²) in [6, 6.07) is 2.91. The summed E-state index contributed by atoms with van der Waals surface area (Å²) in [5.74, 6) is -1.46. The number of benzene rings is 1. The van der Waals surface area contributed by atoms with Gasteiger partial charge in [0.1, 0.15) is 29.6 Å². The molecule has 0 amide bonds. The first-order chi connectivity index (χ1) is 18.4. The molecular formula is C23H24F2N5O8P. The van der Waals surface area contributed by atoms with Crippen LogP contribution in [0.3, 0.4) is 0 Å². The van der Waals surface area contributed by atoms with Crippen LogP contribution in [0.5, 0.6) is 0 Å². The number of nitrogens with two attached hydrogens (primary N) is 1. The monoisotopic (exact) mass is 567 g/mol. The molecule has 13 nitrogen and oxygen atoms in total. The number of ether oxygens (including phenoxy) is 3. The van der Waals surface area contributed by atoms with Crippen molar-refractivity contribution in [1.82, 2.24) is 19.5 Å². The van der Waals surface area contributed by atoms with Gasteiger partial charge in [0.05, 0.1) is 24.6 Å². The average molecular weight is 567 g/mol. The molecule has 0 bridgehead atoms. The normalized spacial score (nSPS) is 33.6. The third-order valence-electron chi connectivity index (χ3n) is 6.81. The Kier molecular flexibility index (Phi) is 5.93. The second kappa shape index (κ2) is 8.89. The van der Waals surface area contributed by atoms with Crippen LogP contribution < -0.4 is 5.73 Å². The Morgan fingerprint density at radius 2 is 1.92 bits per heavy atom. The number of hydrogen-bond acceptors (Lipinski definition) is 12. The molecule has 1 aromatic carbocycles. The number of hydrogen-bond donors (Lipinski definition) is 1. The molecule has 5 heterocycles. The van der Waals surface area contributed by atoms with Crippen LogP contribution in [0, 0.1) is 11.6 Å². The summed E-state index contributed by atoms with van der Waals surface area (Å²) in [7, 11) is -4.30. The van der Waals surface area contributed by atoms with E-state index in [1.165, 1.54) is 17.2 Å². The van der Waals surface area contributed by atoms with Crippen molar-refractivity contribution in [3.63, 3.8) is 0 Å². The molecule has 6 rings (SSSR count). The lowest BCUT2D eigenvalue weighted by molar-refractivity contribution is -0.0988. The number of aromatic nitrogens is 4. The topological polar surface area (TPSA) is 159 Å². The van der Waals surface area contributed by atoms with Gasteiger partial charge in [-0.3, -0.25) is 18.1 Å². The molecule has 3 aromatic rings. The van der Waals surface area contributed by atoms with Crippen LogP contribution in [0.25, 0.3) is 11.2 Å². The number of carbonyl (C=O) groups is 1. The van der Waals surface area contributed by atoms with Gasteiger partial charge in [0.2, 0.25) is 0 Å². The molecule has 3 aliphatic heterocycles. The van der Waals surface area contributed by atoms with Crippen molar-refractivity contribution < 1.29 is 45.9 Å². The highest BCUT2D eigenvalue weighted by atomic mass is 31.2. The van der Waals surface area contributed by atoms with Crippen molar-refractivity contribution in [3.05, 3.63) is 48.1 Å². The predicted octanol–water partition coefficient (Wildman–Crippen LogP) is 3.96. The maximum absolute atomic E-state index is 13.9. The van der Waals surface area contributed by atoms with Gasteiger partial charge in [0, 0.05) is 12.5 Å². The quantitative estimate of drug-likeness (QED) is 0.350. The van der Waals surface area contributed by atoms with Crippen LogP contribution in [0.2, 0.25) is 0 Å². The van der Waals surface area contributed by atoms with Gasteiger partial charge in [-0.2, -0.15) is 0 Å². The van der Waals surface area contributed by atoms with Gasteiger partial charge in [0.15, 0.2) is 29.4 Å². The standard InChI is InChI=1S/C23H24F2N5O8P/c1-22(2)7-14(11-4-12(24)6-13(25)5-11)37-39(32,38-22)33-8-15-17-23(3,36-21(31)35-17)20(34-15)30-10-29-16-18(26)27-9-28-19(16)30/h4-6,9-10,14-15,17,20H,7-8H2,1-3H3,(H2,26,27,28)/t14?,15-,17-,20-,23-,39?/m1/s1. The largest absolute Gasteiger partial charge is 0.509 e. The number of anilines is 1. The molecule has 0 spiro atoms. The summed E-state index contributed by atoms with van der Waals surface area (Å²) in [5, 5.41) is 0. The first-order valence-corrected chi connectivity index (χ1v) is 13.4. The van der Waals surface area contributed by atoms with Crippen molar-refractivity contribution >= 4 is 31.0 Å². The number of nitrogens with zero attached hydrogens (tertiary/aromatic N) is 4. The smallest absolute Gasteiger partial charge is 0.424 e. The number of nitrogen functional groups attached to an aromatic ring is 1. The fourth-order valence-electron chi connectivity index (χ4n) is 5.16. The van der Waals surface area contributed by atoms with E-state index in [9.17, 15) is 18.1 Å². The second-order valence-corrected chi connectivity index (χ2v) is 11.8. The number of rotatable bonds is 5. The maximum atomic E-state index is 13.9. The van der Waals surface area contributed by atoms with E-state index in [0.717, 1.165) is 18.2 Å². The molecule has 2 aromatic heterocycles. The number of phosphoric acid groups is 1. The van der Waals surface area contributed by atoms with Gasteiger partial charge in [-0.25, -0.2) is 33.1 Å². The van der Waals surface area contributed by atoms with Crippen molar-refractivity contribution in [2.75, 3.05) is 12.3 Å². The van der Waals surface area contributed by atoms with Crippen LogP contribution in [0.4, 0.5) is 19.4 Å². The van der Waals surface area contributed by atoms with Gasteiger partial charge >= 0.3 is 14.0 Å². The van der Waals surface area contributed by atoms with E-state index in [2.05, 4.69) is 15.0 Å². The lowest BCUT2D eigenvalue weighted by Gasteiger charge is -2.39. The highest BCUT2D eigenvalue weighted by molar-refractivity contribution is 7.48. The molecule has 2 N–H and O–H groups in total. The van der Waals surface area contributed by atoms with Gasteiger partial charge < -0.3 is 19.9 Å². The van der Waals surface area contributed by atoms with Crippen LogP contribution in [0.15, 0.2) is 30.9 Å². The molecular weight excluding hydrogens is 543 g/mol. The number of fused-ring (bicyclic) bond motifs is 2. The number of phosphoric ester groups is 1. The third-order valence-corrected chi connectivity index (χ3v) is 8.50. The second-order valence-electron chi connectivity index (χ2n) is 10.3. The molecule has 208 valence electrons. The van der Waals surface area contributed by atoms with E-state index >= 15 is 0 Å². The summed E-state index contributed by atoms with van der Waals surface area (Å²) in [4.78, 5) is 24.5. The SMILES string of the molecule is CC1(C)CC(c2cc(F)cc(F)c2)OP(=O)(OC[C@H]2O[C@@H](n3cnc4c(N)ncnc43)[C@]3(C)OC(=O)O[C@H]23)O1. The maximum Gasteiger partial charge on any atom is 0.509 e. The van der Waals surface area contributed by atoms with Gasteiger partial charge in [-0.1, -0.05) is 0 Å². The minimum absolute atomic E-state index is 0.142. The van der Waals surface area contributed by atoms with Crippen LogP contribution >= 0.6 is 7.82 Å². The van der Waals surface area contributed by atoms with E-state index in [0.29, 0.717) is 11.2 Å². The zero-order chi connectivity index (χ0) is 27.7. The van der Waals surface area contributed by atoms with Gasteiger partial charge in [-0.05, 0) is 38.5 Å². The first kappa shape index (κ1) is 26.0. The summed E-state index contributed by atoms with van der Waals surface area (Å²) in [6.45, 7) is 4.50. The molecule has 6 atom stereocenters. The summed E-state index contributed by atoms with van der Waals surface area (Å²) in [5.41, 5.74) is 4.31. The lowest BCUT2D eigenvalue weighted by Crippen LogP contribution is -2.42. The van der Waals surface area contributed by atoms with Crippen molar-refractivity contribution in [1.29, 1.82) is 0 Å². The molecule has 3 fully saturated rings. The number of carbonyl (C=O) groups excluding carboxylic acids is 1. The summed E-state index contributed by atoms with van der Waals surface area (Å²) in [6.07, 6.45) is -2.04.